The first kappa shape index (κ1) is 24.9. The molecular weight excluding hydrogens is 441 g/mol. The largest absolute Gasteiger partial charge is 0.496 e. The van der Waals surface area contributed by atoms with Gasteiger partial charge in [-0.05, 0) is 38.0 Å². The second-order valence-electron chi connectivity index (χ2n) is 8.50. The van der Waals surface area contributed by atoms with Gasteiger partial charge in [-0.15, -0.1) is 0 Å². The molecule has 180 valence electrons. The van der Waals surface area contributed by atoms with E-state index in [0.717, 1.165) is 6.07 Å². The molecule has 1 aromatic heterocycles. The van der Waals surface area contributed by atoms with Gasteiger partial charge in [-0.3, -0.25) is 9.78 Å². The molecule has 0 spiro atoms. The van der Waals surface area contributed by atoms with E-state index in [-0.39, 0.29) is 22.9 Å². The maximum Gasteiger partial charge on any atom is 0.270 e. The summed E-state index contributed by atoms with van der Waals surface area (Å²) >= 11 is 0. The number of nitrogens with one attached hydrogen (secondary N) is 1. The quantitative estimate of drug-likeness (QED) is 0.573. The highest BCUT2D eigenvalue weighted by atomic mass is 19.3. The van der Waals surface area contributed by atoms with Gasteiger partial charge in [0.25, 0.3) is 12.3 Å². The highest BCUT2D eigenvalue weighted by Gasteiger charge is 2.51. The lowest BCUT2D eigenvalue weighted by Crippen LogP contribution is -2.33. The molecular formula is C23H27F3N2O5. The fraction of sp³-hybridized carbons (Fsp3) is 0.478. The highest BCUT2D eigenvalue weighted by Crippen LogP contribution is 2.50. The van der Waals surface area contributed by atoms with Crippen molar-refractivity contribution in [2.75, 3.05) is 19.0 Å². The number of anilines is 1. The number of pyridine rings is 1. The number of aromatic nitrogens is 1. The van der Waals surface area contributed by atoms with Gasteiger partial charge in [0.2, 0.25) is 0 Å². The zero-order valence-electron chi connectivity index (χ0n) is 18.7. The number of nitrogens with zero attached hydrogens (tertiary/aromatic N) is 1. The Labute approximate surface area is 189 Å². The van der Waals surface area contributed by atoms with Crippen LogP contribution in [0, 0.1) is 11.7 Å². The molecule has 1 aromatic carbocycles. The van der Waals surface area contributed by atoms with E-state index in [4.69, 9.17) is 14.6 Å². The third-order valence-electron chi connectivity index (χ3n) is 6.17. The van der Waals surface area contributed by atoms with Gasteiger partial charge in [0.15, 0.2) is 0 Å². The Balaban J connectivity index is 1.96. The van der Waals surface area contributed by atoms with E-state index < -0.39 is 54.0 Å². The van der Waals surface area contributed by atoms with E-state index in [2.05, 4.69) is 10.3 Å². The number of amides is 1. The monoisotopic (exact) mass is 468 g/mol. The lowest BCUT2D eigenvalue weighted by molar-refractivity contribution is -0.131. The first-order valence-corrected chi connectivity index (χ1v) is 10.4. The zero-order valence-corrected chi connectivity index (χ0v) is 18.7. The van der Waals surface area contributed by atoms with E-state index in [1.165, 1.54) is 31.5 Å². The number of halogens is 3. The summed E-state index contributed by atoms with van der Waals surface area (Å²) < 4.78 is 52.5. The number of carbonyl (C=O) groups is 1. The smallest absolute Gasteiger partial charge is 0.270 e. The van der Waals surface area contributed by atoms with Crippen LogP contribution in [0.15, 0.2) is 30.5 Å². The minimum atomic E-state index is -3.10. The zero-order chi connectivity index (χ0) is 24.5. The lowest BCUT2D eigenvalue weighted by Gasteiger charge is -2.26. The third-order valence-corrected chi connectivity index (χ3v) is 6.17. The van der Waals surface area contributed by atoms with Crippen LogP contribution in [0.2, 0.25) is 0 Å². The summed E-state index contributed by atoms with van der Waals surface area (Å²) in [5, 5.41) is 21.3. The lowest BCUT2D eigenvalue weighted by atomic mass is 9.77. The standard InChI is InChI=1S/C23H27F3N2O5/c1-11-17(13-6-7-14(24)18(21(25)26)19(13)32-4)20(33-23(11,2)3)22(31)28-12-5-8-15(27-9-12)16(30)10-29/h5-9,11,16-17,20-21,29-30H,10H2,1-4H3,(H,28,31)/t11-,16-,17-,20+/m1/s1. The van der Waals surface area contributed by atoms with Crippen LogP contribution in [0.3, 0.4) is 0 Å². The molecule has 0 unspecified atom stereocenters. The van der Waals surface area contributed by atoms with Crippen molar-refractivity contribution in [1.82, 2.24) is 4.98 Å². The van der Waals surface area contributed by atoms with Crippen LogP contribution in [-0.4, -0.2) is 46.5 Å². The third kappa shape index (κ3) is 4.83. The predicted molar refractivity (Wildman–Crippen MR) is 114 cm³/mol. The molecule has 2 aromatic rings. The van der Waals surface area contributed by atoms with Crippen molar-refractivity contribution < 1.29 is 37.7 Å². The molecule has 1 saturated heterocycles. The molecule has 0 saturated carbocycles. The first-order chi connectivity index (χ1) is 15.5. The molecule has 1 aliphatic heterocycles. The first-order valence-electron chi connectivity index (χ1n) is 10.4. The van der Waals surface area contributed by atoms with Gasteiger partial charge in [-0.1, -0.05) is 13.0 Å². The number of aliphatic hydroxyl groups is 2. The summed E-state index contributed by atoms with van der Waals surface area (Å²) in [6, 6.07) is 5.25. The summed E-state index contributed by atoms with van der Waals surface area (Å²) in [5.41, 5.74) is -0.839. The van der Waals surface area contributed by atoms with Gasteiger partial charge in [0.05, 0.1) is 42.5 Å². The van der Waals surface area contributed by atoms with Crippen LogP contribution < -0.4 is 10.1 Å². The van der Waals surface area contributed by atoms with E-state index in [9.17, 15) is 23.1 Å². The van der Waals surface area contributed by atoms with Crippen molar-refractivity contribution in [3.8, 4) is 5.75 Å². The van der Waals surface area contributed by atoms with E-state index in [1.807, 2.05) is 6.92 Å². The van der Waals surface area contributed by atoms with Crippen LogP contribution in [0.5, 0.6) is 5.75 Å². The number of hydrogen-bond donors (Lipinski definition) is 3. The Bertz CT molecular complexity index is 1000. The topological polar surface area (TPSA) is 101 Å². The molecule has 7 nitrogen and oxygen atoms in total. The molecule has 3 N–H and O–H groups in total. The Kier molecular flexibility index (Phi) is 7.30. The molecule has 2 heterocycles. The molecule has 0 aliphatic carbocycles. The maximum atomic E-state index is 14.2. The molecule has 10 heteroatoms. The second-order valence-corrected chi connectivity index (χ2v) is 8.50. The number of alkyl halides is 2. The number of ether oxygens (including phenoxy) is 2. The molecule has 0 bridgehead atoms. The SMILES string of the molecule is COc1c([C@@H]2[C@@H](C(=O)Nc3ccc([C@H](O)CO)nc3)OC(C)(C)[C@@H]2C)ccc(F)c1C(F)F. The predicted octanol–water partition coefficient (Wildman–Crippen LogP) is 3.73. The Morgan fingerprint density at radius 2 is 2.00 bits per heavy atom. The average molecular weight is 468 g/mol. The van der Waals surface area contributed by atoms with Crippen LogP contribution in [-0.2, 0) is 9.53 Å². The summed E-state index contributed by atoms with van der Waals surface area (Å²) in [6.45, 7) is 4.90. The second kappa shape index (κ2) is 9.66. The number of aliphatic hydroxyl groups excluding tert-OH is 2. The number of methoxy groups -OCH3 is 1. The number of hydrogen-bond acceptors (Lipinski definition) is 6. The van der Waals surface area contributed by atoms with Gasteiger partial charge in [-0.2, -0.15) is 0 Å². The Morgan fingerprint density at radius 3 is 2.55 bits per heavy atom. The van der Waals surface area contributed by atoms with Crippen molar-refractivity contribution in [3.63, 3.8) is 0 Å². The van der Waals surface area contributed by atoms with Gasteiger partial charge in [-0.25, -0.2) is 13.2 Å². The van der Waals surface area contributed by atoms with Gasteiger partial charge < -0.3 is 25.0 Å². The fourth-order valence-electron chi connectivity index (χ4n) is 4.12. The molecule has 1 aliphatic rings. The van der Waals surface area contributed by atoms with Crippen LogP contribution in [0.4, 0.5) is 18.9 Å². The summed E-state index contributed by atoms with van der Waals surface area (Å²) in [4.78, 5) is 17.2. The molecule has 4 atom stereocenters. The molecule has 3 rings (SSSR count). The van der Waals surface area contributed by atoms with Crippen molar-refractivity contribution in [2.45, 2.75) is 50.9 Å². The number of carbonyl (C=O) groups excluding carboxylic acids is 1. The number of benzene rings is 1. The van der Waals surface area contributed by atoms with Crippen LogP contribution in [0.25, 0.3) is 0 Å². The molecule has 0 radical (unpaired) electrons. The highest BCUT2D eigenvalue weighted by molar-refractivity contribution is 5.95. The van der Waals surface area contributed by atoms with Crippen LogP contribution in [0.1, 0.15) is 56.0 Å². The van der Waals surface area contributed by atoms with Crippen molar-refractivity contribution in [3.05, 3.63) is 53.1 Å². The summed E-state index contributed by atoms with van der Waals surface area (Å²) in [6.07, 6.45) is -4.01. The average Bonchev–Trinajstić information content (AvgIpc) is 3.02. The Hall–Kier alpha value is -2.69. The molecule has 1 amide bonds. The van der Waals surface area contributed by atoms with E-state index in [1.54, 1.807) is 13.8 Å². The fourth-order valence-corrected chi connectivity index (χ4v) is 4.12. The van der Waals surface area contributed by atoms with Gasteiger partial charge >= 0.3 is 0 Å². The van der Waals surface area contributed by atoms with Gasteiger partial charge in [0, 0.05) is 11.5 Å². The summed E-state index contributed by atoms with van der Waals surface area (Å²) in [5.74, 6) is -2.94. The Morgan fingerprint density at radius 1 is 1.30 bits per heavy atom. The van der Waals surface area contributed by atoms with Crippen LogP contribution >= 0.6 is 0 Å². The molecule has 1 fully saturated rings. The van der Waals surface area contributed by atoms with Crippen molar-refractivity contribution in [1.29, 1.82) is 0 Å². The van der Waals surface area contributed by atoms with E-state index in [0.29, 0.717) is 5.69 Å². The van der Waals surface area contributed by atoms with Gasteiger partial charge in [0.1, 0.15) is 23.8 Å². The summed E-state index contributed by atoms with van der Waals surface area (Å²) in [7, 11) is 1.18. The van der Waals surface area contributed by atoms with E-state index >= 15 is 0 Å². The maximum absolute atomic E-state index is 14.2. The normalized spacial score (nSPS) is 22.9. The number of rotatable bonds is 7. The van der Waals surface area contributed by atoms with Crippen molar-refractivity contribution in [2.24, 2.45) is 5.92 Å². The minimum absolute atomic E-state index is 0.232. The molecule has 33 heavy (non-hydrogen) atoms. The van der Waals surface area contributed by atoms with Crippen molar-refractivity contribution >= 4 is 11.6 Å². The minimum Gasteiger partial charge on any atom is -0.496 e.